The summed E-state index contributed by atoms with van der Waals surface area (Å²) in [6.45, 7) is 2.80. The molecule has 1 aliphatic heterocycles. The monoisotopic (exact) mass is 223 g/mol. The van der Waals surface area contributed by atoms with E-state index in [1.165, 1.54) is 0 Å². The number of nitrogens with zero attached hydrogens (tertiary/aromatic N) is 3. The molecule has 0 saturated carbocycles. The molecule has 5 heteroatoms. The minimum atomic E-state index is -0.0796. The van der Waals surface area contributed by atoms with Gasteiger partial charge in [-0.2, -0.15) is 0 Å². The Balaban J connectivity index is 2.16. The maximum absolute atomic E-state index is 12.1. The molecule has 0 spiro atoms. The van der Waals surface area contributed by atoms with E-state index in [1.54, 1.807) is 22.0 Å². The SMILES string of the molecule is CC1CCN(C(=O)c2cn(C)cn2)C1CO. The van der Waals surface area contributed by atoms with Crippen molar-refractivity contribution in [2.24, 2.45) is 13.0 Å². The maximum atomic E-state index is 12.1. The quantitative estimate of drug-likeness (QED) is 0.782. The van der Waals surface area contributed by atoms with Crippen molar-refractivity contribution in [3.05, 3.63) is 18.2 Å². The van der Waals surface area contributed by atoms with Crippen LogP contribution in [0.25, 0.3) is 0 Å². The molecule has 88 valence electrons. The summed E-state index contributed by atoms with van der Waals surface area (Å²) in [6.07, 6.45) is 4.27. The molecule has 0 aliphatic carbocycles. The number of aliphatic hydroxyl groups excluding tert-OH is 1. The summed E-state index contributed by atoms with van der Waals surface area (Å²) in [5.74, 6) is 0.279. The zero-order chi connectivity index (χ0) is 11.7. The number of likely N-dealkylation sites (tertiary alicyclic amines) is 1. The van der Waals surface area contributed by atoms with Crippen molar-refractivity contribution in [2.75, 3.05) is 13.2 Å². The third-order valence-electron chi connectivity index (χ3n) is 3.25. The van der Waals surface area contributed by atoms with Gasteiger partial charge >= 0.3 is 0 Å². The molecule has 1 saturated heterocycles. The van der Waals surface area contributed by atoms with E-state index in [0.717, 1.165) is 6.42 Å². The molecule has 1 aliphatic rings. The van der Waals surface area contributed by atoms with E-state index in [1.807, 2.05) is 7.05 Å². The number of hydrogen-bond acceptors (Lipinski definition) is 3. The molecule has 0 bridgehead atoms. The Morgan fingerprint density at radius 2 is 2.44 bits per heavy atom. The number of imidazole rings is 1. The first kappa shape index (κ1) is 11.1. The molecule has 5 nitrogen and oxygen atoms in total. The van der Waals surface area contributed by atoms with Gasteiger partial charge in [-0.1, -0.05) is 6.92 Å². The lowest BCUT2D eigenvalue weighted by Gasteiger charge is -2.24. The van der Waals surface area contributed by atoms with Gasteiger partial charge in [-0.25, -0.2) is 4.98 Å². The van der Waals surface area contributed by atoms with Gasteiger partial charge in [0.05, 0.1) is 19.0 Å². The standard InChI is InChI=1S/C11H17N3O2/c1-8-3-4-14(10(8)6-15)11(16)9-5-13(2)7-12-9/h5,7-8,10,15H,3-4,6H2,1-2H3. The van der Waals surface area contributed by atoms with Crippen LogP contribution in [0.2, 0.25) is 0 Å². The highest BCUT2D eigenvalue weighted by Crippen LogP contribution is 2.24. The largest absolute Gasteiger partial charge is 0.394 e. The predicted molar refractivity (Wildman–Crippen MR) is 58.9 cm³/mol. The second-order valence-corrected chi connectivity index (χ2v) is 4.44. The molecular weight excluding hydrogens is 206 g/mol. The molecule has 16 heavy (non-hydrogen) atoms. The highest BCUT2D eigenvalue weighted by Gasteiger charge is 2.34. The minimum absolute atomic E-state index is 0.0275. The average Bonchev–Trinajstić information content (AvgIpc) is 2.83. The fourth-order valence-electron chi connectivity index (χ4n) is 2.21. The van der Waals surface area contributed by atoms with Crippen LogP contribution in [0, 0.1) is 5.92 Å². The second-order valence-electron chi connectivity index (χ2n) is 4.44. The maximum Gasteiger partial charge on any atom is 0.274 e. The number of aryl methyl sites for hydroxylation is 1. The van der Waals surface area contributed by atoms with Gasteiger partial charge in [0.25, 0.3) is 5.91 Å². The molecule has 2 heterocycles. The second kappa shape index (κ2) is 4.25. The topological polar surface area (TPSA) is 58.4 Å². The third-order valence-corrected chi connectivity index (χ3v) is 3.25. The molecule has 0 aromatic carbocycles. The van der Waals surface area contributed by atoms with Crippen LogP contribution in [0.15, 0.2) is 12.5 Å². The zero-order valence-corrected chi connectivity index (χ0v) is 9.63. The number of carbonyl (C=O) groups is 1. The molecule has 2 unspecified atom stereocenters. The number of carbonyl (C=O) groups excluding carboxylic acids is 1. The first-order valence-electron chi connectivity index (χ1n) is 5.53. The fourth-order valence-corrected chi connectivity index (χ4v) is 2.21. The lowest BCUT2D eigenvalue weighted by molar-refractivity contribution is 0.0643. The first-order chi connectivity index (χ1) is 7.63. The molecule has 0 radical (unpaired) electrons. The van der Waals surface area contributed by atoms with Crippen LogP contribution in [-0.4, -0.2) is 44.7 Å². The van der Waals surface area contributed by atoms with Gasteiger partial charge in [-0.15, -0.1) is 0 Å². The van der Waals surface area contributed by atoms with E-state index >= 15 is 0 Å². The van der Waals surface area contributed by atoms with Gasteiger partial charge in [-0.3, -0.25) is 4.79 Å². The van der Waals surface area contributed by atoms with Crippen molar-refractivity contribution in [2.45, 2.75) is 19.4 Å². The van der Waals surface area contributed by atoms with Crippen LogP contribution in [0.3, 0.4) is 0 Å². The van der Waals surface area contributed by atoms with Crippen LogP contribution in [0.4, 0.5) is 0 Å². The van der Waals surface area contributed by atoms with Crippen molar-refractivity contribution in [3.63, 3.8) is 0 Å². The lowest BCUT2D eigenvalue weighted by Crippen LogP contribution is -2.40. The van der Waals surface area contributed by atoms with Crippen molar-refractivity contribution in [3.8, 4) is 0 Å². The predicted octanol–water partition coefficient (Wildman–Crippen LogP) is 0.263. The number of aromatic nitrogens is 2. The smallest absolute Gasteiger partial charge is 0.274 e. The lowest BCUT2D eigenvalue weighted by atomic mass is 10.0. The summed E-state index contributed by atoms with van der Waals surface area (Å²) in [6, 6.07) is -0.0606. The molecular formula is C11H17N3O2. The highest BCUT2D eigenvalue weighted by molar-refractivity contribution is 5.92. The highest BCUT2D eigenvalue weighted by atomic mass is 16.3. The van der Waals surface area contributed by atoms with Gasteiger partial charge in [0.15, 0.2) is 0 Å². The normalized spacial score (nSPS) is 25.1. The molecule has 1 N–H and O–H groups in total. The number of hydrogen-bond donors (Lipinski definition) is 1. The molecule has 1 amide bonds. The Morgan fingerprint density at radius 1 is 1.69 bits per heavy atom. The van der Waals surface area contributed by atoms with E-state index in [9.17, 15) is 9.90 Å². The average molecular weight is 223 g/mol. The third kappa shape index (κ3) is 1.82. The molecule has 1 aromatic rings. The van der Waals surface area contributed by atoms with E-state index in [0.29, 0.717) is 18.2 Å². The van der Waals surface area contributed by atoms with Gasteiger partial charge in [0, 0.05) is 19.8 Å². The summed E-state index contributed by atoms with van der Waals surface area (Å²) < 4.78 is 1.75. The minimum Gasteiger partial charge on any atom is -0.394 e. The number of aliphatic hydroxyl groups is 1. The van der Waals surface area contributed by atoms with Crippen molar-refractivity contribution >= 4 is 5.91 Å². The fraction of sp³-hybridized carbons (Fsp3) is 0.636. The van der Waals surface area contributed by atoms with Gasteiger partial charge in [0.1, 0.15) is 5.69 Å². The Morgan fingerprint density at radius 3 is 3.00 bits per heavy atom. The summed E-state index contributed by atoms with van der Waals surface area (Å²) in [5.41, 5.74) is 0.454. The Kier molecular flexibility index (Phi) is 2.96. The number of amides is 1. The zero-order valence-electron chi connectivity index (χ0n) is 9.63. The summed E-state index contributed by atoms with van der Waals surface area (Å²) >= 11 is 0. The molecule has 2 atom stereocenters. The summed E-state index contributed by atoms with van der Waals surface area (Å²) in [7, 11) is 1.83. The van der Waals surface area contributed by atoms with Gasteiger partial charge < -0.3 is 14.6 Å². The van der Waals surface area contributed by atoms with Crippen molar-refractivity contribution < 1.29 is 9.90 Å². The van der Waals surface area contributed by atoms with Crippen molar-refractivity contribution in [1.82, 2.24) is 14.5 Å². The summed E-state index contributed by atoms with van der Waals surface area (Å²) in [5, 5.41) is 9.29. The Bertz CT molecular complexity index is 388. The van der Waals surface area contributed by atoms with Crippen LogP contribution in [0.5, 0.6) is 0 Å². The van der Waals surface area contributed by atoms with Crippen LogP contribution < -0.4 is 0 Å². The van der Waals surface area contributed by atoms with E-state index in [4.69, 9.17) is 0 Å². The van der Waals surface area contributed by atoms with E-state index in [2.05, 4.69) is 11.9 Å². The van der Waals surface area contributed by atoms with Crippen LogP contribution >= 0.6 is 0 Å². The molecule has 1 aromatic heterocycles. The van der Waals surface area contributed by atoms with Gasteiger partial charge in [-0.05, 0) is 12.3 Å². The van der Waals surface area contributed by atoms with E-state index < -0.39 is 0 Å². The van der Waals surface area contributed by atoms with Crippen LogP contribution in [0.1, 0.15) is 23.8 Å². The Hall–Kier alpha value is -1.36. The molecule has 2 rings (SSSR count). The van der Waals surface area contributed by atoms with Crippen LogP contribution in [-0.2, 0) is 7.05 Å². The number of rotatable bonds is 2. The first-order valence-corrected chi connectivity index (χ1v) is 5.53. The summed E-state index contributed by atoms with van der Waals surface area (Å²) in [4.78, 5) is 17.9. The van der Waals surface area contributed by atoms with Crippen molar-refractivity contribution in [1.29, 1.82) is 0 Å². The van der Waals surface area contributed by atoms with E-state index in [-0.39, 0.29) is 18.6 Å². The Labute approximate surface area is 94.7 Å². The molecule has 1 fully saturated rings. The van der Waals surface area contributed by atoms with Gasteiger partial charge in [0.2, 0.25) is 0 Å².